The Balaban J connectivity index is 0. The molecule has 0 aromatic heterocycles. The Hall–Kier alpha value is 1.43. The summed E-state index contributed by atoms with van der Waals surface area (Å²) >= 11 is -0.556. The molecule has 0 radical (unpaired) electrons. The SMILES string of the molecule is CC1CC([Si](C)(CCOC(C)(C)C)[N-]C(C)(C)C)C(C)C1C.[CH3-].[Cl][Ti][Cl]. The minimum absolute atomic E-state index is 0. The van der Waals surface area contributed by atoms with Crippen LogP contribution in [0.15, 0.2) is 0 Å². The van der Waals surface area contributed by atoms with Crippen molar-refractivity contribution >= 4 is 26.8 Å². The summed E-state index contributed by atoms with van der Waals surface area (Å²) in [5.74, 6) is 2.47. The molecular weight excluding hydrogens is 417 g/mol. The molecule has 2 nitrogen and oxygen atoms in total. The van der Waals surface area contributed by atoms with Crippen molar-refractivity contribution in [3.8, 4) is 0 Å². The van der Waals surface area contributed by atoms with Crippen LogP contribution in [0, 0.1) is 25.2 Å². The molecule has 1 fully saturated rings. The third-order valence-corrected chi connectivity index (χ3v) is 10.3. The van der Waals surface area contributed by atoms with Crippen LogP contribution in [0.1, 0.15) is 68.7 Å². The van der Waals surface area contributed by atoms with Gasteiger partial charge in [0, 0.05) is 6.61 Å². The van der Waals surface area contributed by atoms with E-state index in [1.54, 1.807) is 0 Å². The molecule has 0 aromatic carbocycles. The van der Waals surface area contributed by atoms with Gasteiger partial charge >= 0.3 is 35.6 Å². The van der Waals surface area contributed by atoms with Gasteiger partial charge in [0.1, 0.15) is 0 Å². The Labute approximate surface area is 182 Å². The number of ether oxygens (including phenoxy) is 1. The molecule has 0 amide bonds. The van der Waals surface area contributed by atoms with Crippen LogP contribution >= 0.6 is 18.6 Å². The van der Waals surface area contributed by atoms with Crippen LogP contribution in [-0.4, -0.2) is 26.0 Å². The van der Waals surface area contributed by atoms with Crippen molar-refractivity contribution in [2.45, 2.75) is 98.0 Å². The van der Waals surface area contributed by atoms with E-state index in [9.17, 15) is 0 Å². The van der Waals surface area contributed by atoms with Crippen LogP contribution in [0.3, 0.4) is 0 Å². The predicted octanol–water partition coefficient (Wildman–Crippen LogP) is 8.06. The van der Waals surface area contributed by atoms with E-state index in [0.29, 0.717) is 0 Å². The summed E-state index contributed by atoms with van der Waals surface area (Å²) in [6.45, 7) is 23.9. The number of halogens is 2. The Morgan fingerprint density at radius 3 is 1.81 bits per heavy atom. The molecule has 26 heavy (non-hydrogen) atoms. The zero-order valence-corrected chi connectivity index (χ0v) is 23.1. The first-order valence-electron chi connectivity index (χ1n) is 9.51. The normalized spacial score (nSPS) is 28.5. The average Bonchev–Trinajstić information content (AvgIpc) is 2.64. The standard InChI is InChI=1S/C19H40NOSi.CH3.2ClH.Ti/c1-14-13-17(16(3)15(14)2)22(10,20-18(4,5)6)12-11-21-19(7,8)9;;;;/h14-17H,11-13H2,1-10H3;1H3;2*1H;/q2*-1;;;+2/p-2. The molecule has 1 aliphatic carbocycles. The van der Waals surface area contributed by atoms with Crippen LogP contribution < -0.4 is 0 Å². The van der Waals surface area contributed by atoms with Gasteiger partial charge in [-0.25, -0.2) is 0 Å². The molecule has 5 unspecified atom stereocenters. The predicted molar refractivity (Wildman–Crippen MR) is 119 cm³/mol. The maximum absolute atomic E-state index is 6.06. The fourth-order valence-electron chi connectivity index (χ4n) is 4.19. The van der Waals surface area contributed by atoms with Gasteiger partial charge in [0.15, 0.2) is 0 Å². The van der Waals surface area contributed by atoms with Crippen molar-refractivity contribution in [2.24, 2.45) is 17.8 Å². The molecule has 0 saturated heterocycles. The van der Waals surface area contributed by atoms with E-state index in [1.165, 1.54) is 6.42 Å². The summed E-state index contributed by atoms with van der Waals surface area (Å²) < 4.78 is 6.06. The summed E-state index contributed by atoms with van der Waals surface area (Å²) in [6, 6.07) is 1.16. The van der Waals surface area contributed by atoms with Gasteiger partial charge < -0.3 is 17.1 Å². The van der Waals surface area contributed by atoms with Gasteiger partial charge in [-0.05, 0) is 38.5 Å². The summed E-state index contributed by atoms with van der Waals surface area (Å²) in [5.41, 5.74) is 0.830. The Morgan fingerprint density at radius 2 is 1.50 bits per heavy atom. The van der Waals surface area contributed by atoms with Gasteiger partial charge in [0.25, 0.3) is 0 Å². The zero-order valence-electron chi connectivity index (χ0n) is 19.0. The minimum atomic E-state index is -1.70. The van der Waals surface area contributed by atoms with Crippen LogP contribution in [-0.2, 0) is 21.8 Å². The number of hydrogen-bond donors (Lipinski definition) is 0. The van der Waals surface area contributed by atoms with Crippen molar-refractivity contribution in [2.75, 3.05) is 6.61 Å². The fourth-order valence-corrected chi connectivity index (χ4v) is 9.20. The maximum atomic E-state index is 6.06. The van der Waals surface area contributed by atoms with E-state index < -0.39 is 25.3 Å². The molecule has 0 aliphatic heterocycles. The third-order valence-electron chi connectivity index (χ3n) is 5.52. The Morgan fingerprint density at radius 1 is 1.04 bits per heavy atom. The van der Waals surface area contributed by atoms with Crippen molar-refractivity contribution in [1.82, 2.24) is 0 Å². The van der Waals surface area contributed by atoms with Crippen LogP contribution in [0.4, 0.5) is 0 Å². The second-order valence-electron chi connectivity index (χ2n) is 9.96. The number of rotatable bonds is 5. The molecule has 1 rings (SSSR count). The van der Waals surface area contributed by atoms with Crippen LogP contribution in [0.5, 0.6) is 0 Å². The average molecular weight is 460 g/mol. The number of nitrogens with zero attached hydrogens (tertiary/aromatic N) is 1. The first-order valence-corrected chi connectivity index (χ1v) is 16.5. The third kappa shape index (κ3) is 10.8. The van der Waals surface area contributed by atoms with Crippen molar-refractivity contribution in [1.29, 1.82) is 0 Å². The van der Waals surface area contributed by atoms with E-state index in [0.717, 1.165) is 35.9 Å². The topological polar surface area (TPSA) is 23.3 Å². The first kappa shape index (κ1) is 29.6. The summed E-state index contributed by atoms with van der Waals surface area (Å²) in [7, 11) is 8.08. The number of hydrogen-bond acceptors (Lipinski definition) is 1. The van der Waals surface area contributed by atoms with Gasteiger partial charge in [-0.2, -0.15) is 0 Å². The van der Waals surface area contributed by atoms with Gasteiger partial charge in [-0.15, -0.1) is 5.54 Å². The summed E-state index contributed by atoms with van der Waals surface area (Å²) in [5, 5.41) is 0. The van der Waals surface area contributed by atoms with Crippen LogP contribution in [0.2, 0.25) is 18.1 Å². The second kappa shape index (κ2) is 12.2. The monoisotopic (exact) mass is 459 g/mol. The van der Waals surface area contributed by atoms with Gasteiger partial charge in [-0.1, -0.05) is 74.3 Å². The molecule has 0 heterocycles. The second-order valence-corrected chi connectivity index (χ2v) is 16.7. The van der Waals surface area contributed by atoms with E-state index >= 15 is 0 Å². The van der Waals surface area contributed by atoms with E-state index in [1.807, 2.05) is 0 Å². The first-order chi connectivity index (χ1) is 11.2. The molecule has 5 atom stereocenters. The van der Waals surface area contributed by atoms with Gasteiger partial charge in [0.05, 0.1) is 5.60 Å². The van der Waals surface area contributed by atoms with Crippen molar-refractivity contribution in [3.63, 3.8) is 0 Å². The molecule has 0 bridgehead atoms. The van der Waals surface area contributed by atoms with Gasteiger partial charge in [-0.3, -0.25) is 0 Å². The molecule has 1 aliphatic rings. The molecule has 6 heteroatoms. The van der Waals surface area contributed by atoms with E-state index in [-0.39, 0.29) is 18.6 Å². The van der Waals surface area contributed by atoms with Crippen molar-refractivity contribution < 1.29 is 21.8 Å². The summed E-state index contributed by atoms with van der Waals surface area (Å²) in [6.07, 6.45) is 1.36. The molecule has 0 N–H and O–H groups in total. The molecular formula is C20H43Cl2NOSiTi-2. The molecule has 158 valence electrons. The van der Waals surface area contributed by atoms with Crippen molar-refractivity contribution in [3.05, 3.63) is 12.4 Å². The molecule has 1 saturated carbocycles. The summed E-state index contributed by atoms with van der Waals surface area (Å²) in [4.78, 5) is 5.42. The Kier molecular flexibility index (Phi) is 13.9. The van der Waals surface area contributed by atoms with E-state index in [4.69, 9.17) is 28.3 Å². The van der Waals surface area contributed by atoms with E-state index in [2.05, 4.69) is 68.9 Å². The molecule has 0 aromatic rings. The fraction of sp³-hybridized carbons (Fsp3) is 0.950. The van der Waals surface area contributed by atoms with Crippen LogP contribution in [0.25, 0.3) is 4.98 Å². The van der Waals surface area contributed by atoms with Gasteiger partial charge in [0.2, 0.25) is 0 Å². The quantitative estimate of drug-likeness (QED) is 0.301. The Bertz CT molecular complexity index is 387. The molecule has 0 spiro atoms. The zero-order chi connectivity index (χ0) is 20.1.